The zero-order valence-electron chi connectivity index (χ0n) is 9.26. The Morgan fingerprint density at radius 1 is 1.17 bits per heavy atom. The predicted octanol–water partition coefficient (Wildman–Crippen LogP) is 3.26. The summed E-state index contributed by atoms with van der Waals surface area (Å²) in [7, 11) is 0. The van der Waals surface area contributed by atoms with Crippen molar-refractivity contribution in [2.45, 2.75) is 9.79 Å². The summed E-state index contributed by atoms with van der Waals surface area (Å²) in [6.45, 7) is 0. The quantitative estimate of drug-likeness (QED) is 0.834. The first-order chi connectivity index (χ1) is 8.58. The van der Waals surface area contributed by atoms with E-state index in [0.717, 1.165) is 11.8 Å². The number of nitrogen functional groups attached to an aromatic ring is 1. The van der Waals surface area contributed by atoms with Crippen LogP contribution in [0.3, 0.4) is 0 Å². The van der Waals surface area contributed by atoms with Crippen molar-refractivity contribution in [1.29, 1.82) is 0 Å². The molecule has 0 aromatic heterocycles. The number of hydrogen-bond donors (Lipinski definition) is 2. The van der Waals surface area contributed by atoms with Crippen LogP contribution in [0.1, 0.15) is 10.4 Å². The molecule has 0 spiro atoms. The predicted molar refractivity (Wildman–Crippen MR) is 68.3 cm³/mol. The first kappa shape index (κ1) is 12.4. The molecule has 0 radical (unpaired) electrons. The Morgan fingerprint density at radius 3 is 2.56 bits per heavy atom. The van der Waals surface area contributed by atoms with Crippen molar-refractivity contribution in [3.8, 4) is 0 Å². The number of halogens is 1. The minimum absolute atomic E-state index is 0.0725. The molecule has 0 unspecified atom stereocenters. The van der Waals surface area contributed by atoms with Crippen LogP contribution in [-0.2, 0) is 0 Å². The summed E-state index contributed by atoms with van der Waals surface area (Å²) in [5, 5.41) is 9.07. The average Bonchev–Trinajstić information content (AvgIpc) is 2.34. The molecule has 5 heteroatoms. The van der Waals surface area contributed by atoms with Crippen LogP contribution in [0.25, 0.3) is 0 Å². The molecular formula is C13H10FNO2S. The first-order valence-electron chi connectivity index (χ1n) is 5.13. The number of benzene rings is 2. The Labute approximate surface area is 107 Å². The van der Waals surface area contributed by atoms with Crippen molar-refractivity contribution >= 4 is 23.4 Å². The standard InChI is InChI=1S/C13H10FNO2S/c14-10-3-1-2-4-12(10)18-11-6-5-8(15)7-9(11)13(16)17/h1-7H,15H2,(H,16,17). The van der Waals surface area contributed by atoms with Gasteiger partial charge in [0.05, 0.1) is 5.56 Å². The maximum atomic E-state index is 13.5. The van der Waals surface area contributed by atoms with E-state index in [4.69, 9.17) is 10.8 Å². The van der Waals surface area contributed by atoms with Crippen LogP contribution in [0, 0.1) is 5.82 Å². The lowest BCUT2D eigenvalue weighted by atomic mass is 10.2. The summed E-state index contributed by atoms with van der Waals surface area (Å²) in [5.74, 6) is -1.46. The third-order valence-electron chi connectivity index (χ3n) is 2.29. The second kappa shape index (κ2) is 5.10. The van der Waals surface area contributed by atoms with Gasteiger partial charge in [0.15, 0.2) is 0 Å². The van der Waals surface area contributed by atoms with Crippen molar-refractivity contribution < 1.29 is 14.3 Å². The van der Waals surface area contributed by atoms with E-state index < -0.39 is 5.97 Å². The molecule has 0 aliphatic carbocycles. The highest BCUT2D eigenvalue weighted by molar-refractivity contribution is 7.99. The Balaban J connectivity index is 2.41. The second-order valence-corrected chi connectivity index (χ2v) is 4.68. The molecule has 92 valence electrons. The number of anilines is 1. The number of carboxylic acids is 1. The smallest absolute Gasteiger partial charge is 0.336 e. The van der Waals surface area contributed by atoms with Gasteiger partial charge in [0.2, 0.25) is 0 Å². The van der Waals surface area contributed by atoms with Crippen LogP contribution in [0.5, 0.6) is 0 Å². The van der Waals surface area contributed by atoms with E-state index in [1.807, 2.05) is 0 Å². The molecule has 0 saturated heterocycles. The molecule has 0 fully saturated rings. The number of rotatable bonds is 3. The van der Waals surface area contributed by atoms with E-state index in [-0.39, 0.29) is 11.4 Å². The lowest BCUT2D eigenvalue weighted by molar-refractivity contribution is 0.0693. The highest BCUT2D eigenvalue weighted by Crippen LogP contribution is 2.33. The number of nitrogens with two attached hydrogens (primary N) is 1. The minimum atomic E-state index is -1.08. The van der Waals surface area contributed by atoms with Gasteiger partial charge in [0.1, 0.15) is 5.82 Å². The molecule has 0 saturated carbocycles. The lowest BCUT2D eigenvalue weighted by Gasteiger charge is -2.07. The molecule has 3 nitrogen and oxygen atoms in total. The van der Waals surface area contributed by atoms with Crippen LogP contribution in [0.2, 0.25) is 0 Å². The van der Waals surface area contributed by atoms with Crippen LogP contribution in [0.4, 0.5) is 10.1 Å². The van der Waals surface area contributed by atoms with Crippen molar-refractivity contribution in [2.24, 2.45) is 0 Å². The Bertz CT molecular complexity index is 601. The van der Waals surface area contributed by atoms with E-state index in [1.54, 1.807) is 30.3 Å². The number of carboxylic acid groups (broad SMARTS) is 1. The number of hydrogen-bond acceptors (Lipinski definition) is 3. The molecular weight excluding hydrogens is 253 g/mol. The molecule has 2 rings (SSSR count). The summed E-state index contributed by atoms with van der Waals surface area (Å²) in [4.78, 5) is 11.9. The van der Waals surface area contributed by atoms with E-state index >= 15 is 0 Å². The van der Waals surface area contributed by atoms with Crippen LogP contribution >= 0.6 is 11.8 Å². The number of aromatic carboxylic acids is 1. The van der Waals surface area contributed by atoms with Crippen molar-refractivity contribution in [3.63, 3.8) is 0 Å². The van der Waals surface area contributed by atoms with Gasteiger partial charge < -0.3 is 10.8 Å². The molecule has 0 aliphatic rings. The van der Waals surface area contributed by atoms with Gasteiger partial charge in [-0.2, -0.15) is 0 Å². The minimum Gasteiger partial charge on any atom is -0.478 e. The van der Waals surface area contributed by atoms with Crippen LogP contribution in [0.15, 0.2) is 52.3 Å². The van der Waals surface area contributed by atoms with E-state index in [9.17, 15) is 9.18 Å². The molecule has 0 atom stereocenters. The molecule has 2 aromatic rings. The van der Waals surface area contributed by atoms with Crippen LogP contribution in [-0.4, -0.2) is 11.1 Å². The highest BCUT2D eigenvalue weighted by Gasteiger charge is 2.13. The fourth-order valence-electron chi connectivity index (χ4n) is 1.45. The van der Waals surface area contributed by atoms with Gasteiger partial charge in [-0.1, -0.05) is 23.9 Å². The fraction of sp³-hybridized carbons (Fsp3) is 0. The monoisotopic (exact) mass is 263 g/mol. The maximum Gasteiger partial charge on any atom is 0.336 e. The maximum absolute atomic E-state index is 13.5. The summed E-state index contributed by atoms with van der Waals surface area (Å²) in [6.07, 6.45) is 0. The average molecular weight is 263 g/mol. The van der Waals surface area contributed by atoms with Gasteiger partial charge in [0.25, 0.3) is 0 Å². The Morgan fingerprint density at radius 2 is 1.89 bits per heavy atom. The van der Waals surface area contributed by atoms with E-state index in [1.165, 1.54) is 12.1 Å². The number of carbonyl (C=O) groups is 1. The highest BCUT2D eigenvalue weighted by atomic mass is 32.2. The summed E-state index contributed by atoms with van der Waals surface area (Å²) in [6, 6.07) is 10.8. The topological polar surface area (TPSA) is 63.3 Å². The normalized spacial score (nSPS) is 10.3. The second-order valence-electron chi connectivity index (χ2n) is 3.59. The van der Waals surface area contributed by atoms with Gasteiger partial charge in [0, 0.05) is 15.5 Å². The van der Waals surface area contributed by atoms with Crippen molar-refractivity contribution in [2.75, 3.05) is 5.73 Å². The van der Waals surface area contributed by atoms with Gasteiger partial charge in [-0.15, -0.1) is 0 Å². The molecule has 0 bridgehead atoms. The summed E-state index contributed by atoms with van der Waals surface area (Å²) >= 11 is 1.07. The molecule has 0 heterocycles. The zero-order chi connectivity index (χ0) is 13.1. The molecule has 0 amide bonds. The summed E-state index contributed by atoms with van der Waals surface area (Å²) in [5.41, 5.74) is 5.98. The fourth-order valence-corrected chi connectivity index (χ4v) is 2.39. The molecule has 3 N–H and O–H groups in total. The van der Waals surface area contributed by atoms with E-state index in [0.29, 0.717) is 15.5 Å². The summed E-state index contributed by atoms with van der Waals surface area (Å²) < 4.78 is 13.5. The molecule has 18 heavy (non-hydrogen) atoms. The first-order valence-corrected chi connectivity index (χ1v) is 5.95. The van der Waals surface area contributed by atoms with Gasteiger partial charge in [-0.25, -0.2) is 9.18 Å². The Hall–Kier alpha value is -2.01. The van der Waals surface area contributed by atoms with Crippen molar-refractivity contribution in [3.05, 3.63) is 53.8 Å². The third-order valence-corrected chi connectivity index (χ3v) is 3.42. The van der Waals surface area contributed by atoms with Gasteiger partial charge in [-0.3, -0.25) is 0 Å². The van der Waals surface area contributed by atoms with Gasteiger partial charge in [-0.05, 0) is 30.3 Å². The third kappa shape index (κ3) is 2.62. The lowest BCUT2D eigenvalue weighted by Crippen LogP contribution is -2.00. The van der Waals surface area contributed by atoms with Crippen LogP contribution < -0.4 is 5.73 Å². The largest absolute Gasteiger partial charge is 0.478 e. The zero-order valence-corrected chi connectivity index (χ0v) is 10.1. The SMILES string of the molecule is Nc1ccc(Sc2ccccc2F)c(C(=O)O)c1. The van der Waals surface area contributed by atoms with Gasteiger partial charge >= 0.3 is 5.97 Å². The van der Waals surface area contributed by atoms with Crippen molar-refractivity contribution in [1.82, 2.24) is 0 Å². The molecule has 0 aliphatic heterocycles. The molecule has 2 aromatic carbocycles. The van der Waals surface area contributed by atoms with E-state index in [2.05, 4.69) is 0 Å². The Kier molecular flexibility index (Phi) is 3.53.